The molecule has 0 aliphatic heterocycles. The number of sulfonamides is 1. The smallest absolute Gasteiger partial charge is 0.233 e. The van der Waals surface area contributed by atoms with Gasteiger partial charge in [0.05, 0.1) is 18.5 Å². The Morgan fingerprint density at radius 2 is 1.69 bits per heavy atom. The van der Waals surface area contributed by atoms with Crippen LogP contribution in [-0.4, -0.2) is 43.0 Å². The van der Waals surface area contributed by atoms with Gasteiger partial charge in [0.2, 0.25) is 15.9 Å². The normalized spacial score (nSPS) is 46.3. The van der Waals surface area contributed by atoms with Gasteiger partial charge in [-0.2, -0.15) is 0 Å². The third-order valence-electron chi connectivity index (χ3n) is 11.5. The summed E-state index contributed by atoms with van der Waals surface area (Å²) in [5.41, 5.74) is 0.439. The Kier molecular flexibility index (Phi) is 7.75. The number of fused-ring (bicyclic) bond motifs is 5. The first-order chi connectivity index (χ1) is 16.3. The second-order valence-electron chi connectivity index (χ2n) is 13.3. The maximum atomic E-state index is 11.9. The molecule has 4 rings (SSSR count). The molecule has 202 valence electrons. The van der Waals surface area contributed by atoms with E-state index in [0.717, 1.165) is 38.4 Å². The van der Waals surface area contributed by atoms with E-state index >= 15 is 0 Å². The van der Waals surface area contributed by atoms with E-state index in [4.69, 9.17) is 0 Å². The van der Waals surface area contributed by atoms with E-state index < -0.39 is 15.9 Å². The van der Waals surface area contributed by atoms with Crippen LogP contribution in [0.3, 0.4) is 0 Å². The lowest BCUT2D eigenvalue weighted by atomic mass is 9.41. The number of aliphatic hydroxyl groups excluding tert-OH is 2. The maximum Gasteiger partial charge on any atom is 0.233 e. The first-order valence-corrected chi connectivity index (χ1v) is 16.1. The average Bonchev–Trinajstić information content (AvgIpc) is 3.11. The highest BCUT2D eigenvalue weighted by Gasteiger charge is 2.64. The van der Waals surface area contributed by atoms with Crippen LogP contribution in [0.4, 0.5) is 0 Å². The van der Waals surface area contributed by atoms with Crippen molar-refractivity contribution in [2.75, 3.05) is 6.26 Å². The molecule has 0 heterocycles. The summed E-state index contributed by atoms with van der Waals surface area (Å²) in [7, 11) is -3.49. The lowest BCUT2D eigenvalue weighted by Crippen LogP contribution is -2.62. The predicted molar refractivity (Wildman–Crippen MR) is 138 cm³/mol. The zero-order chi connectivity index (χ0) is 25.8. The van der Waals surface area contributed by atoms with Gasteiger partial charge >= 0.3 is 0 Å². The van der Waals surface area contributed by atoms with Gasteiger partial charge in [-0.15, -0.1) is 0 Å². The summed E-state index contributed by atoms with van der Waals surface area (Å²) in [4.78, 5) is 11.9. The fourth-order valence-corrected chi connectivity index (χ4v) is 10.5. The SMILES string of the molecule is CC[C@H]1[C@@H](O)[C@@H]2[C@H](CC[C@]3(C)[C@@H]([C@H](C)CCCC(=O)NS(C)(=O)=O)CC[C@@H]23)[C@@]2(C)CC[C@@H](O)C[C@@H]12. The van der Waals surface area contributed by atoms with E-state index in [1.165, 1.54) is 25.7 Å². The van der Waals surface area contributed by atoms with E-state index in [0.29, 0.717) is 41.9 Å². The summed E-state index contributed by atoms with van der Waals surface area (Å²) in [5.74, 6) is 2.79. The van der Waals surface area contributed by atoms with Crippen LogP contribution in [0.25, 0.3) is 0 Å². The van der Waals surface area contributed by atoms with Crippen molar-refractivity contribution in [3.05, 3.63) is 0 Å². The molecule has 1 amide bonds. The third-order valence-corrected chi connectivity index (χ3v) is 12.1. The summed E-state index contributed by atoms with van der Waals surface area (Å²) >= 11 is 0. The van der Waals surface area contributed by atoms with Gasteiger partial charge in [0.25, 0.3) is 0 Å². The zero-order valence-corrected chi connectivity index (χ0v) is 23.3. The number of rotatable bonds is 7. The van der Waals surface area contributed by atoms with Gasteiger partial charge in [-0.25, -0.2) is 8.42 Å². The molecule has 0 aromatic rings. The Morgan fingerprint density at radius 1 is 1.03 bits per heavy atom. The van der Waals surface area contributed by atoms with E-state index in [-0.39, 0.29) is 35.4 Å². The topological polar surface area (TPSA) is 104 Å². The van der Waals surface area contributed by atoms with Crippen LogP contribution in [0, 0.1) is 52.3 Å². The third kappa shape index (κ3) is 4.95. The van der Waals surface area contributed by atoms with Gasteiger partial charge in [0.15, 0.2) is 0 Å². The molecule has 0 radical (unpaired) electrons. The van der Waals surface area contributed by atoms with Crippen LogP contribution in [0.5, 0.6) is 0 Å². The van der Waals surface area contributed by atoms with Crippen LogP contribution in [0.15, 0.2) is 0 Å². The quantitative estimate of drug-likeness (QED) is 0.467. The minimum Gasteiger partial charge on any atom is -0.393 e. The highest BCUT2D eigenvalue weighted by Crippen LogP contribution is 2.69. The molecular weight excluding hydrogens is 462 g/mol. The van der Waals surface area contributed by atoms with Crippen LogP contribution < -0.4 is 4.72 Å². The predicted octanol–water partition coefficient (Wildman–Crippen LogP) is 4.50. The Morgan fingerprint density at radius 3 is 2.34 bits per heavy atom. The first-order valence-electron chi connectivity index (χ1n) is 14.2. The van der Waals surface area contributed by atoms with E-state index in [9.17, 15) is 23.4 Å². The van der Waals surface area contributed by atoms with Gasteiger partial charge in [-0.05, 0) is 110 Å². The fraction of sp³-hybridized carbons (Fsp3) is 0.964. The molecule has 11 atom stereocenters. The molecule has 4 aliphatic rings. The molecule has 0 aromatic heterocycles. The van der Waals surface area contributed by atoms with Crippen LogP contribution in [0.2, 0.25) is 0 Å². The molecule has 4 fully saturated rings. The number of hydrogen-bond donors (Lipinski definition) is 3. The lowest BCUT2D eigenvalue weighted by molar-refractivity contribution is -0.203. The zero-order valence-electron chi connectivity index (χ0n) is 22.5. The molecule has 6 nitrogen and oxygen atoms in total. The van der Waals surface area contributed by atoms with Crippen molar-refractivity contribution in [2.45, 2.75) is 111 Å². The molecule has 35 heavy (non-hydrogen) atoms. The lowest BCUT2D eigenvalue weighted by Gasteiger charge is -2.64. The van der Waals surface area contributed by atoms with Gasteiger partial charge in [0, 0.05) is 6.42 Å². The summed E-state index contributed by atoms with van der Waals surface area (Å²) < 4.78 is 24.7. The van der Waals surface area contributed by atoms with Gasteiger partial charge in [-0.3, -0.25) is 9.52 Å². The van der Waals surface area contributed by atoms with Crippen molar-refractivity contribution in [3.63, 3.8) is 0 Å². The monoisotopic (exact) mass is 511 g/mol. The van der Waals surface area contributed by atoms with Gasteiger partial charge in [0.1, 0.15) is 0 Å². The molecule has 0 aromatic carbocycles. The number of nitrogens with one attached hydrogen (secondary N) is 1. The minimum absolute atomic E-state index is 0.212. The van der Waals surface area contributed by atoms with Crippen molar-refractivity contribution in [3.8, 4) is 0 Å². The van der Waals surface area contributed by atoms with E-state index in [2.05, 4.69) is 32.4 Å². The van der Waals surface area contributed by atoms with Gasteiger partial charge < -0.3 is 10.2 Å². The highest BCUT2D eigenvalue weighted by atomic mass is 32.2. The standard InChI is InChI=1S/C28H49NO5S/c1-6-19-23-16-18(30)12-14-28(23,4)22-13-15-27(3)20(10-11-21(27)25(22)26(19)32)17(2)8-7-9-24(31)29-35(5,33)34/h17-23,25-26,30,32H,6-16H2,1-5H3,(H,29,31)/t17-,18-,19-,20-,21+,22+,23+,25+,26-,27-,28-/m1/s1. The largest absolute Gasteiger partial charge is 0.393 e. The molecule has 4 saturated carbocycles. The number of hydrogen-bond acceptors (Lipinski definition) is 5. The summed E-state index contributed by atoms with van der Waals surface area (Å²) in [6.07, 6.45) is 11.0. The molecule has 0 spiro atoms. The van der Waals surface area contributed by atoms with E-state index in [1.54, 1.807) is 0 Å². The van der Waals surface area contributed by atoms with Gasteiger partial charge in [-0.1, -0.05) is 34.1 Å². The van der Waals surface area contributed by atoms with Crippen molar-refractivity contribution in [1.29, 1.82) is 0 Å². The summed E-state index contributed by atoms with van der Waals surface area (Å²) in [6.45, 7) is 9.49. The summed E-state index contributed by atoms with van der Waals surface area (Å²) in [6, 6.07) is 0. The molecular formula is C28H49NO5S. The molecule has 3 N–H and O–H groups in total. The second kappa shape index (κ2) is 9.90. The van der Waals surface area contributed by atoms with Crippen molar-refractivity contribution < 1.29 is 23.4 Å². The Bertz CT molecular complexity index is 892. The first kappa shape index (κ1) is 27.4. The molecule has 4 aliphatic carbocycles. The molecule has 0 bridgehead atoms. The molecule has 7 heteroatoms. The molecule has 0 unspecified atom stereocenters. The Labute approximate surface area is 213 Å². The van der Waals surface area contributed by atoms with Crippen LogP contribution >= 0.6 is 0 Å². The van der Waals surface area contributed by atoms with Crippen LogP contribution in [0.1, 0.15) is 98.3 Å². The summed E-state index contributed by atoms with van der Waals surface area (Å²) in [5, 5.41) is 22.3. The van der Waals surface area contributed by atoms with Crippen molar-refractivity contribution in [2.24, 2.45) is 52.3 Å². The number of aliphatic hydroxyl groups is 2. The Hall–Kier alpha value is -0.660. The van der Waals surface area contributed by atoms with Crippen molar-refractivity contribution in [1.82, 2.24) is 4.72 Å². The van der Waals surface area contributed by atoms with Crippen LogP contribution in [-0.2, 0) is 14.8 Å². The number of amides is 1. The second-order valence-corrected chi connectivity index (χ2v) is 15.0. The maximum absolute atomic E-state index is 11.9. The fourth-order valence-electron chi connectivity index (χ4n) is 9.98. The van der Waals surface area contributed by atoms with Crippen molar-refractivity contribution >= 4 is 15.9 Å². The molecule has 0 saturated heterocycles. The van der Waals surface area contributed by atoms with E-state index in [1.807, 2.05) is 0 Å². The highest BCUT2D eigenvalue weighted by molar-refractivity contribution is 7.89. The number of carbonyl (C=O) groups is 1. The number of carbonyl (C=O) groups excluding carboxylic acids is 1. The average molecular weight is 512 g/mol. The minimum atomic E-state index is -3.49. The Balaban J connectivity index is 1.47.